The van der Waals surface area contributed by atoms with Crippen molar-refractivity contribution >= 4 is 28.3 Å². The van der Waals surface area contributed by atoms with Crippen LogP contribution < -0.4 is 5.32 Å². The molecule has 0 saturated heterocycles. The summed E-state index contributed by atoms with van der Waals surface area (Å²) in [5, 5.41) is 17.3. The molecule has 0 radical (unpaired) electrons. The van der Waals surface area contributed by atoms with Gasteiger partial charge in [0.05, 0.1) is 11.8 Å². The lowest BCUT2D eigenvalue weighted by atomic mass is 9.89. The van der Waals surface area contributed by atoms with Crippen LogP contribution in [0, 0.1) is 24.2 Å². The number of fused-ring (bicyclic) bond motifs is 1. The highest BCUT2D eigenvalue weighted by Gasteiger charge is 2.24. The van der Waals surface area contributed by atoms with E-state index in [0.29, 0.717) is 16.5 Å². The van der Waals surface area contributed by atoms with Crippen molar-refractivity contribution < 1.29 is 4.79 Å². The second kappa shape index (κ2) is 7.24. The fourth-order valence-electron chi connectivity index (χ4n) is 3.22. The molecule has 5 nitrogen and oxygen atoms in total. The predicted molar refractivity (Wildman–Crippen MR) is 101 cm³/mol. The summed E-state index contributed by atoms with van der Waals surface area (Å²) < 4.78 is 1.89. The zero-order chi connectivity index (χ0) is 18.0. The number of nitrogens with zero attached hydrogens (tertiary/aromatic N) is 3. The van der Waals surface area contributed by atoms with Gasteiger partial charge in [-0.05, 0) is 50.7 Å². The number of aryl methyl sites for hydroxylation is 1. The fourth-order valence-corrected chi connectivity index (χ4v) is 4.58. The van der Waals surface area contributed by atoms with Gasteiger partial charge in [-0.1, -0.05) is 6.92 Å². The van der Waals surface area contributed by atoms with Crippen LogP contribution in [0.15, 0.2) is 12.3 Å². The molecule has 0 bridgehead atoms. The Morgan fingerprint density at radius 2 is 2.40 bits per heavy atom. The summed E-state index contributed by atoms with van der Waals surface area (Å²) in [4.78, 5) is 13.5. The highest BCUT2D eigenvalue weighted by Crippen LogP contribution is 2.39. The molecule has 1 aliphatic carbocycles. The first-order chi connectivity index (χ1) is 12.0. The van der Waals surface area contributed by atoms with E-state index in [1.165, 1.54) is 11.0 Å². The minimum atomic E-state index is -0.216. The Bertz CT molecular complexity index is 869. The number of aromatic nitrogens is 2. The molecule has 2 heterocycles. The minimum absolute atomic E-state index is 0.216. The van der Waals surface area contributed by atoms with E-state index in [-0.39, 0.29) is 5.91 Å². The topological polar surface area (TPSA) is 70.7 Å². The van der Waals surface area contributed by atoms with Crippen LogP contribution in [0.1, 0.15) is 47.5 Å². The first-order valence-electron chi connectivity index (χ1n) is 8.59. The van der Waals surface area contributed by atoms with Crippen molar-refractivity contribution in [3.05, 3.63) is 39.5 Å². The van der Waals surface area contributed by atoms with Gasteiger partial charge in [0.15, 0.2) is 0 Å². The Hall–Kier alpha value is -2.39. The number of amides is 1. The number of anilines is 1. The van der Waals surface area contributed by atoms with E-state index in [4.69, 9.17) is 0 Å². The van der Waals surface area contributed by atoms with Gasteiger partial charge in [-0.2, -0.15) is 10.4 Å². The summed E-state index contributed by atoms with van der Waals surface area (Å²) >= 11 is 1.55. The van der Waals surface area contributed by atoms with Crippen LogP contribution in [0.3, 0.4) is 0 Å². The molecule has 1 aliphatic rings. The van der Waals surface area contributed by atoms with Gasteiger partial charge in [0.25, 0.3) is 0 Å². The first-order valence-corrected chi connectivity index (χ1v) is 9.41. The molecule has 0 aliphatic heterocycles. The maximum Gasteiger partial charge on any atom is 0.249 e. The molecule has 0 spiro atoms. The molecule has 0 aromatic carbocycles. The van der Waals surface area contributed by atoms with E-state index in [1.807, 2.05) is 18.5 Å². The molecule has 1 N–H and O–H groups in total. The van der Waals surface area contributed by atoms with Crippen molar-refractivity contribution in [2.24, 2.45) is 5.92 Å². The first kappa shape index (κ1) is 17.4. The Kier molecular flexibility index (Phi) is 5.05. The van der Waals surface area contributed by atoms with Crippen molar-refractivity contribution in [3.8, 4) is 6.07 Å². The van der Waals surface area contributed by atoms with Gasteiger partial charge in [0, 0.05) is 28.8 Å². The molecule has 25 heavy (non-hydrogen) atoms. The van der Waals surface area contributed by atoms with Gasteiger partial charge in [-0.15, -0.1) is 11.3 Å². The molecule has 0 unspecified atom stereocenters. The average Bonchev–Trinajstić information content (AvgIpc) is 3.11. The fraction of sp³-hybridized carbons (Fsp3) is 0.421. The third-order valence-corrected chi connectivity index (χ3v) is 5.88. The van der Waals surface area contributed by atoms with Crippen LogP contribution in [0.4, 0.5) is 5.00 Å². The molecule has 2 aromatic heterocycles. The second-order valence-corrected chi connectivity index (χ2v) is 7.60. The second-order valence-electron chi connectivity index (χ2n) is 6.49. The maximum absolute atomic E-state index is 12.3. The molecule has 6 heteroatoms. The smallest absolute Gasteiger partial charge is 0.249 e. The molecule has 3 rings (SSSR count). The highest BCUT2D eigenvalue weighted by molar-refractivity contribution is 7.16. The summed E-state index contributed by atoms with van der Waals surface area (Å²) in [6.45, 7) is 7.05. The third-order valence-electron chi connectivity index (χ3n) is 4.72. The molecule has 0 fully saturated rings. The van der Waals surface area contributed by atoms with E-state index in [1.54, 1.807) is 23.6 Å². The van der Waals surface area contributed by atoms with Crippen molar-refractivity contribution in [2.75, 3.05) is 5.32 Å². The number of nitriles is 1. The summed E-state index contributed by atoms with van der Waals surface area (Å²) in [6, 6.07) is 2.28. The van der Waals surface area contributed by atoms with Crippen molar-refractivity contribution in [3.63, 3.8) is 0 Å². The zero-order valence-corrected chi connectivity index (χ0v) is 15.6. The Labute approximate surface area is 152 Å². The lowest BCUT2D eigenvalue weighted by molar-refractivity contribution is -0.111. The molecule has 130 valence electrons. The van der Waals surface area contributed by atoms with Crippen LogP contribution in [-0.2, 0) is 24.2 Å². The lowest BCUT2D eigenvalue weighted by Crippen LogP contribution is -2.10. The predicted octanol–water partition coefficient (Wildman–Crippen LogP) is 3.92. The van der Waals surface area contributed by atoms with Gasteiger partial charge in [-0.3, -0.25) is 9.48 Å². The highest BCUT2D eigenvalue weighted by atomic mass is 32.1. The van der Waals surface area contributed by atoms with Gasteiger partial charge in [0.1, 0.15) is 11.1 Å². The lowest BCUT2D eigenvalue weighted by Gasteiger charge is -2.17. The minimum Gasteiger partial charge on any atom is -0.313 e. The maximum atomic E-state index is 12.3. The quantitative estimate of drug-likeness (QED) is 0.846. The summed E-state index contributed by atoms with van der Waals surface area (Å²) in [5.41, 5.74) is 3.73. The normalized spacial score (nSPS) is 16.6. The van der Waals surface area contributed by atoms with Crippen molar-refractivity contribution in [1.29, 1.82) is 5.26 Å². The SMILES string of the molecule is CCn1ncc(/C=C\C(=O)Nc2sc3c(c2C#N)CC[C@@H](C)C3)c1C. The Balaban J connectivity index is 1.76. The van der Waals surface area contributed by atoms with Gasteiger partial charge in [-0.25, -0.2) is 0 Å². The van der Waals surface area contributed by atoms with Crippen LogP contribution in [0.25, 0.3) is 6.08 Å². The van der Waals surface area contributed by atoms with Crippen LogP contribution in [-0.4, -0.2) is 15.7 Å². The number of nitrogens with one attached hydrogen (secondary N) is 1. The van der Waals surface area contributed by atoms with E-state index in [0.717, 1.165) is 42.6 Å². The Morgan fingerprint density at radius 1 is 1.60 bits per heavy atom. The number of rotatable bonds is 4. The number of carbonyl (C=O) groups is 1. The summed E-state index contributed by atoms with van der Waals surface area (Å²) in [5.74, 6) is 0.422. The van der Waals surface area contributed by atoms with Gasteiger partial charge < -0.3 is 5.32 Å². The average molecular weight is 354 g/mol. The van der Waals surface area contributed by atoms with Crippen molar-refractivity contribution in [2.45, 2.75) is 46.6 Å². The van der Waals surface area contributed by atoms with Gasteiger partial charge in [0.2, 0.25) is 5.91 Å². The zero-order valence-electron chi connectivity index (χ0n) is 14.8. The van der Waals surface area contributed by atoms with Crippen LogP contribution in [0.2, 0.25) is 0 Å². The van der Waals surface area contributed by atoms with Gasteiger partial charge >= 0.3 is 0 Å². The molecule has 1 atom stereocenters. The monoisotopic (exact) mass is 354 g/mol. The number of hydrogen-bond acceptors (Lipinski definition) is 4. The molecular formula is C19H22N4OS. The number of hydrogen-bond donors (Lipinski definition) is 1. The molecule has 0 saturated carbocycles. The largest absolute Gasteiger partial charge is 0.313 e. The van der Waals surface area contributed by atoms with Crippen LogP contribution in [0.5, 0.6) is 0 Å². The third kappa shape index (κ3) is 3.52. The molecule has 1 amide bonds. The van der Waals surface area contributed by atoms with E-state index < -0.39 is 0 Å². The summed E-state index contributed by atoms with van der Waals surface area (Å²) in [6.07, 6.45) is 8.06. The van der Waals surface area contributed by atoms with Crippen molar-refractivity contribution in [1.82, 2.24) is 9.78 Å². The van der Waals surface area contributed by atoms with E-state index in [9.17, 15) is 10.1 Å². The van der Waals surface area contributed by atoms with E-state index in [2.05, 4.69) is 23.4 Å². The molecule has 2 aromatic rings. The molecular weight excluding hydrogens is 332 g/mol. The Morgan fingerprint density at radius 3 is 3.08 bits per heavy atom. The number of thiophene rings is 1. The number of carbonyl (C=O) groups excluding carboxylic acids is 1. The van der Waals surface area contributed by atoms with E-state index >= 15 is 0 Å². The van der Waals surface area contributed by atoms with Crippen LogP contribution >= 0.6 is 11.3 Å². The summed E-state index contributed by atoms with van der Waals surface area (Å²) in [7, 11) is 0. The standard InChI is InChI=1S/C19H22N4OS/c1-4-23-13(3)14(11-21-23)6-8-18(24)22-19-16(10-20)15-7-5-12(2)9-17(15)25-19/h6,8,11-12H,4-5,7,9H2,1-3H3,(H,22,24)/b8-6-/t12-/m1/s1.